The lowest BCUT2D eigenvalue weighted by Gasteiger charge is -2.38. The Labute approximate surface area is 202 Å². The first-order valence-electron chi connectivity index (χ1n) is 11.9. The van der Waals surface area contributed by atoms with E-state index in [9.17, 15) is 9.90 Å². The van der Waals surface area contributed by atoms with Crippen LogP contribution in [0.1, 0.15) is 31.1 Å². The van der Waals surface area contributed by atoms with Crippen molar-refractivity contribution in [3.8, 4) is 11.3 Å². The van der Waals surface area contributed by atoms with Crippen molar-refractivity contribution >= 4 is 30.7 Å². The van der Waals surface area contributed by atoms with E-state index < -0.39 is 13.5 Å². The molecule has 0 spiro atoms. The maximum atomic E-state index is 13.3. The van der Waals surface area contributed by atoms with Gasteiger partial charge in [0.05, 0.1) is 23.6 Å². The fourth-order valence-corrected chi connectivity index (χ4v) is 4.69. The molecule has 1 aliphatic heterocycles. The van der Waals surface area contributed by atoms with Gasteiger partial charge in [-0.1, -0.05) is 52.5 Å². The minimum atomic E-state index is -1.18. The number of ether oxygens (including phenoxy) is 1. The Morgan fingerprint density at radius 1 is 1.24 bits per heavy atom. The normalized spacial score (nSPS) is 15.1. The molecule has 2 aromatic heterocycles. The summed E-state index contributed by atoms with van der Waals surface area (Å²) < 4.78 is 7.86. The molecule has 4 rings (SSSR count). The summed E-state index contributed by atoms with van der Waals surface area (Å²) in [4.78, 5) is 25.0. The van der Waals surface area contributed by atoms with E-state index in [2.05, 4.69) is 30.6 Å². The Bertz CT molecular complexity index is 1190. The van der Waals surface area contributed by atoms with Crippen molar-refractivity contribution in [3.05, 3.63) is 42.2 Å². The quantitative estimate of drug-likeness (QED) is 0.283. The van der Waals surface area contributed by atoms with Gasteiger partial charge in [0.1, 0.15) is 12.2 Å². The van der Waals surface area contributed by atoms with Crippen LogP contribution in [0.25, 0.3) is 22.4 Å². The van der Waals surface area contributed by atoms with Gasteiger partial charge in [-0.3, -0.25) is 4.79 Å². The molecule has 7 nitrogen and oxygen atoms in total. The Morgan fingerprint density at radius 2 is 1.97 bits per heavy atom. The number of aliphatic hydroxyl groups excluding tert-OH is 1. The minimum absolute atomic E-state index is 0.0353. The summed E-state index contributed by atoms with van der Waals surface area (Å²) in [5.74, 6) is 0.0353. The number of benzene rings is 1. The van der Waals surface area contributed by atoms with Crippen LogP contribution in [-0.2, 0) is 11.5 Å². The Kier molecular flexibility index (Phi) is 6.68. The van der Waals surface area contributed by atoms with Crippen molar-refractivity contribution in [2.75, 3.05) is 24.6 Å². The molecular formula is C26H36N4O3Si. The first-order valence-corrected chi connectivity index (χ1v) is 15.6. The van der Waals surface area contributed by atoms with Gasteiger partial charge in [0.25, 0.3) is 0 Å². The molecule has 8 heteroatoms. The van der Waals surface area contributed by atoms with Crippen LogP contribution < -0.4 is 4.90 Å². The number of aliphatic hydroxyl groups is 1. The highest BCUT2D eigenvalue weighted by Gasteiger charge is 2.28. The van der Waals surface area contributed by atoms with Crippen molar-refractivity contribution in [1.29, 1.82) is 0 Å². The molecule has 0 radical (unpaired) electrons. The van der Waals surface area contributed by atoms with Crippen molar-refractivity contribution < 1.29 is 14.6 Å². The summed E-state index contributed by atoms with van der Waals surface area (Å²) in [7, 11) is -1.18. The van der Waals surface area contributed by atoms with E-state index in [4.69, 9.17) is 14.7 Å². The fourth-order valence-electron chi connectivity index (χ4n) is 3.93. The molecule has 3 heterocycles. The van der Waals surface area contributed by atoms with Crippen LogP contribution in [0.15, 0.2) is 36.7 Å². The van der Waals surface area contributed by atoms with E-state index in [0.717, 1.165) is 23.0 Å². The van der Waals surface area contributed by atoms with E-state index in [1.165, 1.54) is 0 Å². The molecule has 0 bridgehead atoms. The van der Waals surface area contributed by atoms with Gasteiger partial charge in [-0.15, -0.1) is 0 Å². The zero-order valence-corrected chi connectivity index (χ0v) is 22.1. The van der Waals surface area contributed by atoms with Crippen LogP contribution in [0, 0.1) is 5.41 Å². The number of aromatic nitrogens is 3. The molecule has 1 N–H and O–H groups in total. The number of fused-ring (bicyclic) bond motifs is 1. The van der Waals surface area contributed by atoms with Crippen molar-refractivity contribution in [3.63, 3.8) is 0 Å². The van der Waals surface area contributed by atoms with Crippen molar-refractivity contribution in [2.45, 2.75) is 59.3 Å². The smallest absolute Gasteiger partial charge is 0.171 e. The monoisotopic (exact) mass is 480 g/mol. The summed E-state index contributed by atoms with van der Waals surface area (Å²) in [6, 6.07) is 9.16. The number of hydrogen-bond donors (Lipinski definition) is 1. The number of carbonyl (C=O) groups excluding carboxylic acids is 1. The first kappa shape index (κ1) is 24.6. The third-order valence-corrected chi connectivity index (χ3v) is 7.79. The Balaban J connectivity index is 1.67. The second-order valence-electron chi connectivity index (χ2n) is 11.5. The van der Waals surface area contributed by atoms with Crippen LogP contribution in [-0.4, -0.2) is 59.3 Å². The van der Waals surface area contributed by atoms with Gasteiger partial charge >= 0.3 is 0 Å². The fraction of sp³-hybridized carbons (Fsp3) is 0.500. The number of nitrogens with zero attached hydrogens (tertiary/aromatic N) is 4. The van der Waals surface area contributed by atoms with E-state index >= 15 is 0 Å². The number of anilines is 1. The maximum absolute atomic E-state index is 13.3. The van der Waals surface area contributed by atoms with E-state index in [-0.39, 0.29) is 11.9 Å². The molecule has 1 fully saturated rings. The number of β-amino-alcohol motifs (C(OH)–C–C–N with tert-alkyl or cyclic N) is 1. The molecule has 1 aromatic carbocycles. The average Bonchev–Trinajstić information content (AvgIpc) is 3.10. The predicted octanol–water partition coefficient (Wildman–Crippen LogP) is 4.82. The number of ketones is 1. The molecule has 0 atom stereocenters. The highest BCUT2D eigenvalue weighted by atomic mass is 28.3. The minimum Gasteiger partial charge on any atom is -0.389 e. The summed E-state index contributed by atoms with van der Waals surface area (Å²) in [6.07, 6.45) is 3.34. The summed E-state index contributed by atoms with van der Waals surface area (Å²) in [5.41, 5.74) is 4.00. The lowest BCUT2D eigenvalue weighted by atomic mass is 9.87. The number of Topliss-reactive ketones (excluding diaryl/α,β-unsaturated/α-hetero) is 1. The van der Waals surface area contributed by atoms with Gasteiger partial charge in [0, 0.05) is 50.6 Å². The van der Waals surface area contributed by atoms with Crippen LogP contribution >= 0.6 is 0 Å². The third-order valence-electron chi connectivity index (χ3n) is 6.09. The molecule has 0 amide bonds. The van der Waals surface area contributed by atoms with E-state index in [1.54, 1.807) is 6.20 Å². The Morgan fingerprint density at radius 3 is 2.62 bits per heavy atom. The second kappa shape index (κ2) is 9.24. The summed E-state index contributed by atoms with van der Waals surface area (Å²) in [6.45, 7) is 15.1. The second-order valence-corrected chi connectivity index (χ2v) is 17.1. The highest BCUT2D eigenvalue weighted by Crippen LogP contribution is 2.30. The molecule has 0 unspecified atom stereocenters. The van der Waals surface area contributed by atoms with Crippen molar-refractivity contribution in [1.82, 2.24) is 14.5 Å². The molecule has 0 aliphatic carbocycles. The van der Waals surface area contributed by atoms with Gasteiger partial charge in [0.2, 0.25) is 0 Å². The lowest BCUT2D eigenvalue weighted by molar-refractivity contribution is 0.0849. The van der Waals surface area contributed by atoms with Gasteiger partial charge < -0.3 is 19.3 Å². The zero-order chi connectivity index (χ0) is 24.7. The predicted molar refractivity (Wildman–Crippen MR) is 139 cm³/mol. The average molecular weight is 481 g/mol. The van der Waals surface area contributed by atoms with Gasteiger partial charge in [-0.2, -0.15) is 0 Å². The van der Waals surface area contributed by atoms with E-state index in [0.29, 0.717) is 43.2 Å². The van der Waals surface area contributed by atoms with Crippen LogP contribution in [0.5, 0.6) is 0 Å². The summed E-state index contributed by atoms with van der Waals surface area (Å²) >= 11 is 0. The SMILES string of the molecule is CC(C)(C)C(=O)c1cn(COCC[Si](C)(C)C)c2ncc(-c3cccc(N4CC(O)C4)c3)nc12. The van der Waals surface area contributed by atoms with Gasteiger partial charge in [-0.05, 0) is 18.2 Å². The summed E-state index contributed by atoms with van der Waals surface area (Å²) in [5, 5.41) is 9.65. The molecule has 0 saturated carbocycles. The maximum Gasteiger partial charge on any atom is 0.171 e. The largest absolute Gasteiger partial charge is 0.389 e. The molecule has 34 heavy (non-hydrogen) atoms. The molecule has 1 aliphatic rings. The topological polar surface area (TPSA) is 80.5 Å². The Hall–Kier alpha value is -2.55. The number of carbonyl (C=O) groups is 1. The zero-order valence-electron chi connectivity index (χ0n) is 21.1. The third kappa shape index (κ3) is 5.40. The van der Waals surface area contributed by atoms with E-state index in [1.807, 2.05) is 49.7 Å². The number of rotatable bonds is 8. The molecular weight excluding hydrogens is 444 g/mol. The highest BCUT2D eigenvalue weighted by molar-refractivity contribution is 6.76. The molecule has 182 valence electrons. The van der Waals surface area contributed by atoms with Crippen LogP contribution in [0.3, 0.4) is 0 Å². The number of hydrogen-bond acceptors (Lipinski definition) is 6. The van der Waals surface area contributed by atoms with Crippen LogP contribution in [0.2, 0.25) is 25.7 Å². The molecule has 1 saturated heterocycles. The van der Waals surface area contributed by atoms with Crippen LogP contribution in [0.4, 0.5) is 5.69 Å². The van der Waals surface area contributed by atoms with Gasteiger partial charge in [-0.25, -0.2) is 9.97 Å². The van der Waals surface area contributed by atoms with Gasteiger partial charge in [0.15, 0.2) is 11.4 Å². The molecule has 3 aromatic rings. The standard InChI is InChI=1S/C26H36N4O3Si/c1-26(2,3)24(32)21-16-30(17-33-10-11-34(4,5)6)25-23(21)28-22(13-27-25)18-8-7-9-19(12-18)29-14-20(31)15-29/h7-9,12-13,16,20,31H,10-11,14-15,17H2,1-6H3. The first-order chi connectivity index (χ1) is 15.9. The lowest BCUT2D eigenvalue weighted by Crippen LogP contribution is -2.50. The van der Waals surface area contributed by atoms with Crippen molar-refractivity contribution in [2.24, 2.45) is 5.41 Å².